The molecule has 2 aliphatic rings. The number of pyridine rings is 2. The average Bonchev–Trinajstić information content (AvgIpc) is 3.81. The van der Waals surface area contributed by atoms with Crippen LogP contribution in [0.5, 0.6) is 0 Å². The molecule has 6 aromatic carbocycles. The number of furan rings is 1. The van der Waals surface area contributed by atoms with Crippen molar-refractivity contribution in [2.45, 2.75) is 5.41 Å². The van der Waals surface area contributed by atoms with Gasteiger partial charge in [-0.1, -0.05) is 103 Å². The molecule has 2 aliphatic carbocycles. The van der Waals surface area contributed by atoms with Crippen molar-refractivity contribution in [1.29, 1.82) is 0 Å². The third-order valence-electron chi connectivity index (χ3n) is 11.6. The minimum atomic E-state index is -0.576. The Labute approximate surface area is 304 Å². The Balaban J connectivity index is 1.15. The fourth-order valence-corrected chi connectivity index (χ4v) is 9.37. The van der Waals surface area contributed by atoms with Crippen molar-refractivity contribution in [3.05, 3.63) is 198 Å². The van der Waals surface area contributed by atoms with Crippen molar-refractivity contribution in [3.8, 4) is 28.1 Å². The summed E-state index contributed by atoms with van der Waals surface area (Å²) >= 11 is 0. The van der Waals surface area contributed by atoms with E-state index in [2.05, 4.69) is 149 Å². The van der Waals surface area contributed by atoms with E-state index in [1.807, 2.05) is 36.8 Å². The van der Waals surface area contributed by atoms with Crippen molar-refractivity contribution in [2.24, 2.45) is 0 Å². The lowest BCUT2D eigenvalue weighted by molar-refractivity contribution is 0.666. The second-order valence-electron chi connectivity index (χ2n) is 14.2. The SMILES string of the molecule is C1=Cc2ccc(-c3ccc4c(c3)c3cnccc3n4-c3ccccn3)cc2C2(c3ccccc31)c1ccccc1-c1cc3c(cc12)oc1ccccc13. The third-order valence-corrected chi connectivity index (χ3v) is 11.6. The van der Waals surface area contributed by atoms with Crippen LogP contribution in [0.4, 0.5) is 0 Å². The monoisotopic (exact) mass is 675 g/mol. The number of para-hydroxylation sites is 1. The molecule has 1 spiro atoms. The molecule has 0 saturated heterocycles. The molecule has 1 unspecified atom stereocenters. The summed E-state index contributed by atoms with van der Waals surface area (Å²) in [6, 6.07) is 52.9. The molecule has 12 rings (SSSR count). The highest BCUT2D eigenvalue weighted by Gasteiger charge is 2.49. The molecule has 1 atom stereocenters. The highest BCUT2D eigenvalue weighted by atomic mass is 16.3. The van der Waals surface area contributed by atoms with Gasteiger partial charge in [0.05, 0.1) is 16.4 Å². The van der Waals surface area contributed by atoms with Gasteiger partial charge in [0.2, 0.25) is 0 Å². The van der Waals surface area contributed by atoms with Gasteiger partial charge in [-0.15, -0.1) is 0 Å². The van der Waals surface area contributed by atoms with E-state index in [0.717, 1.165) is 60.7 Å². The molecule has 4 nitrogen and oxygen atoms in total. The molecule has 4 heterocycles. The molecule has 246 valence electrons. The van der Waals surface area contributed by atoms with Crippen LogP contribution in [0.15, 0.2) is 169 Å². The minimum absolute atomic E-state index is 0.576. The molecule has 0 N–H and O–H groups in total. The second kappa shape index (κ2) is 10.5. The predicted molar refractivity (Wildman–Crippen MR) is 215 cm³/mol. The van der Waals surface area contributed by atoms with Gasteiger partial charge in [-0.05, 0) is 110 Å². The zero-order valence-electron chi connectivity index (χ0n) is 28.5. The lowest BCUT2D eigenvalue weighted by Gasteiger charge is -2.35. The van der Waals surface area contributed by atoms with E-state index in [1.54, 1.807) is 0 Å². The standard InChI is InChI=1S/C49H29N3O/c1-4-12-40-30(9-1)16-17-31-18-19-33(32-20-21-44-37(25-32)39-29-50-24-22-45(39)52(44)48-15-7-8-23-51-48)26-42(31)49(40)41-13-5-2-10-34(41)36-27-38-35-11-3-6-14-46(35)53-47(38)28-43(36)49/h1-29H. The highest BCUT2D eigenvalue weighted by molar-refractivity contribution is 6.11. The van der Waals surface area contributed by atoms with Crippen LogP contribution >= 0.6 is 0 Å². The molecule has 0 radical (unpaired) electrons. The van der Waals surface area contributed by atoms with E-state index in [1.165, 1.54) is 44.5 Å². The molecule has 0 saturated carbocycles. The molecule has 0 aliphatic heterocycles. The van der Waals surface area contributed by atoms with Gasteiger partial charge in [0.1, 0.15) is 17.0 Å². The van der Waals surface area contributed by atoms with Crippen LogP contribution in [0.1, 0.15) is 33.4 Å². The summed E-state index contributed by atoms with van der Waals surface area (Å²) in [6.45, 7) is 0. The summed E-state index contributed by atoms with van der Waals surface area (Å²) in [4.78, 5) is 9.25. The first kappa shape index (κ1) is 28.6. The van der Waals surface area contributed by atoms with Crippen LogP contribution in [-0.2, 0) is 5.41 Å². The van der Waals surface area contributed by atoms with Crippen molar-refractivity contribution in [3.63, 3.8) is 0 Å². The molecule has 0 bridgehead atoms. The Kier molecular flexibility index (Phi) is 5.67. The first-order chi connectivity index (χ1) is 26.3. The van der Waals surface area contributed by atoms with E-state index in [9.17, 15) is 0 Å². The van der Waals surface area contributed by atoms with Crippen LogP contribution in [0.2, 0.25) is 0 Å². The maximum atomic E-state index is 6.59. The van der Waals surface area contributed by atoms with Crippen molar-refractivity contribution < 1.29 is 4.42 Å². The molecular weight excluding hydrogens is 647 g/mol. The van der Waals surface area contributed by atoms with Crippen molar-refractivity contribution in [1.82, 2.24) is 14.5 Å². The summed E-state index contributed by atoms with van der Waals surface area (Å²) < 4.78 is 8.82. The number of aromatic nitrogens is 3. The summed E-state index contributed by atoms with van der Waals surface area (Å²) in [5.74, 6) is 0.890. The van der Waals surface area contributed by atoms with Gasteiger partial charge >= 0.3 is 0 Å². The van der Waals surface area contributed by atoms with Gasteiger partial charge in [-0.2, -0.15) is 0 Å². The van der Waals surface area contributed by atoms with Gasteiger partial charge in [-0.25, -0.2) is 4.98 Å². The number of fused-ring (bicyclic) bond motifs is 15. The second-order valence-corrected chi connectivity index (χ2v) is 14.2. The maximum absolute atomic E-state index is 6.59. The molecule has 10 aromatic rings. The van der Waals surface area contributed by atoms with E-state index >= 15 is 0 Å². The van der Waals surface area contributed by atoms with Crippen LogP contribution < -0.4 is 0 Å². The lowest BCUT2D eigenvalue weighted by Crippen LogP contribution is -2.30. The third kappa shape index (κ3) is 3.79. The molecule has 0 amide bonds. The fourth-order valence-electron chi connectivity index (χ4n) is 9.37. The lowest BCUT2D eigenvalue weighted by atomic mass is 9.65. The zero-order chi connectivity index (χ0) is 34.7. The Hall–Kier alpha value is -7.04. The van der Waals surface area contributed by atoms with Crippen LogP contribution in [0.25, 0.3) is 84.0 Å². The first-order valence-electron chi connectivity index (χ1n) is 18.1. The average molecular weight is 676 g/mol. The summed E-state index contributed by atoms with van der Waals surface area (Å²) in [6.07, 6.45) is 10.3. The number of hydrogen-bond acceptors (Lipinski definition) is 3. The Bertz CT molecular complexity index is 3180. The number of rotatable bonds is 2. The quantitative estimate of drug-likeness (QED) is 0.183. The predicted octanol–water partition coefficient (Wildman–Crippen LogP) is 12.0. The van der Waals surface area contributed by atoms with Crippen molar-refractivity contribution in [2.75, 3.05) is 0 Å². The van der Waals surface area contributed by atoms with Crippen LogP contribution in [-0.4, -0.2) is 14.5 Å². The highest BCUT2D eigenvalue weighted by Crippen LogP contribution is 2.60. The Morgan fingerprint density at radius 1 is 0.472 bits per heavy atom. The topological polar surface area (TPSA) is 43.9 Å². The minimum Gasteiger partial charge on any atom is -0.456 e. The van der Waals surface area contributed by atoms with Gasteiger partial charge < -0.3 is 4.42 Å². The molecular formula is C49H29N3O. The van der Waals surface area contributed by atoms with Gasteiger partial charge in [-0.3, -0.25) is 9.55 Å². The summed E-state index contributed by atoms with van der Waals surface area (Å²) in [5.41, 5.74) is 15.8. The fraction of sp³-hybridized carbons (Fsp3) is 0.0204. The van der Waals surface area contributed by atoms with Gasteiger partial charge in [0.15, 0.2) is 0 Å². The van der Waals surface area contributed by atoms with Crippen LogP contribution in [0.3, 0.4) is 0 Å². The number of hydrogen-bond donors (Lipinski definition) is 0. The zero-order valence-corrected chi connectivity index (χ0v) is 28.5. The number of nitrogens with zero attached hydrogens (tertiary/aromatic N) is 3. The molecule has 4 heteroatoms. The van der Waals surface area contributed by atoms with Gasteiger partial charge in [0.25, 0.3) is 0 Å². The van der Waals surface area contributed by atoms with Gasteiger partial charge in [0, 0.05) is 40.1 Å². The normalized spacial score (nSPS) is 15.5. The van der Waals surface area contributed by atoms with E-state index in [-0.39, 0.29) is 0 Å². The summed E-state index contributed by atoms with van der Waals surface area (Å²) in [7, 11) is 0. The largest absolute Gasteiger partial charge is 0.456 e. The number of benzene rings is 6. The smallest absolute Gasteiger partial charge is 0.137 e. The van der Waals surface area contributed by atoms with E-state index < -0.39 is 5.41 Å². The molecule has 4 aromatic heterocycles. The molecule has 0 fully saturated rings. The molecule has 53 heavy (non-hydrogen) atoms. The maximum Gasteiger partial charge on any atom is 0.137 e. The van der Waals surface area contributed by atoms with E-state index in [4.69, 9.17) is 9.40 Å². The van der Waals surface area contributed by atoms with Crippen LogP contribution in [0, 0.1) is 0 Å². The first-order valence-corrected chi connectivity index (χ1v) is 18.1. The van der Waals surface area contributed by atoms with Crippen molar-refractivity contribution >= 4 is 55.9 Å². The Morgan fingerprint density at radius 2 is 1.25 bits per heavy atom. The Morgan fingerprint density at radius 3 is 2.17 bits per heavy atom. The summed E-state index contributed by atoms with van der Waals surface area (Å²) in [5, 5.41) is 4.54. The van der Waals surface area contributed by atoms with E-state index in [0.29, 0.717) is 0 Å².